The number of allylic oxidation sites excluding steroid dienone is 1. The van der Waals surface area contributed by atoms with Crippen LogP contribution >= 0.6 is 49.0 Å². The van der Waals surface area contributed by atoms with Crippen LogP contribution in [0, 0.1) is 0 Å². The fourth-order valence-electron chi connectivity index (χ4n) is 3.41. The first-order chi connectivity index (χ1) is 17.2. The third-order valence-electron chi connectivity index (χ3n) is 5.05. The normalized spacial score (nSPS) is 16.7. The van der Waals surface area contributed by atoms with E-state index in [9.17, 15) is 0 Å². The molecule has 1 saturated heterocycles. The molecule has 6 rings (SSSR count). The smallest absolute Gasteiger partial charge is 0.150 e. The maximum absolute atomic E-state index is 6.00. The molecule has 8 nitrogen and oxygen atoms in total. The molecule has 0 radical (unpaired) electrons. The first kappa shape index (κ1) is 28.2. The molecule has 2 aliphatic heterocycles. The van der Waals surface area contributed by atoms with Gasteiger partial charge in [-0.15, -0.1) is 17.9 Å². The minimum atomic E-state index is 0.0460. The molecular weight excluding hydrogens is 544 g/mol. The van der Waals surface area contributed by atoms with Crippen LogP contribution in [0.1, 0.15) is 38.3 Å². The minimum absolute atomic E-state index is 0.0460. The van der Waals surface area contributed by atoms with Crippen LogP contribution in [0.15, 0.2) is 49.3 Å². The molecule has 1 N–H and O–H groups in total. The molecule has 0 aromatic carbocycles. The standard InChI is InChI=1S/C11H12ClN3O.C6H4ClN3.C5H8O.H5P3/c12-11-8-7-14-15(9(8)4-5-13-11)10-3-1-2-6-16-10;7-6-4-3-9-10-5(4)1-2-8-6;1-2-4-6-5-3-1;1-3-2/h4-5,7,10H,1-3,6H2;1-3H,(H,9,10);2,4H,1,3,5H2;3H,1-2H2. The van der Waals surface area contributed by atoms with Crippen LogP contribution in [0.2, 0.25) is 10.3 Å². The zero-order valence-corrected chi connectivity index (χ0v) is 23.9. The monoisotopic (exact) mass is 572 g/mol. The maximum Gasteiger partial charge on any atom is 0.150 e. The Hall–Kier alpha value is -1.39. The molecule has 0 bridgehead atoms. The van der Waals surface area contributed by atoms with Crippen LogP contribution in [-0.2, 0) is 9.47 Å². The molecule has 0 aliphatic carbocycles. The van der Waals surface area contributed by atoms with Gasteiger partial charge in [0.15, 0.2) is 6.23 Å². The molecule has 0 amide bonds. The van der Waals surface area contributed by atoms with E-state index < -0.39 is 0 Å². The van der Waals surface area contributed by atoms with Gasteiger partial charge in [-0.25, -0.2) is 14.6 Å². The number of fused-ring (bicyclic) bond motifs is 2. The molecule has 1 fully saturated rings. The molecule has 2 aliphatic rings. The van der Waals surface area contributed by atoms with Crippen molar-refractivity contribution in [1.29, 1.82) is 0 Å². The number of ether oxygens (including phenoxy) is 2. The number of nitrogens with zero attached hydrogens (tertiary/aromatic N) is 5. The summed E-state index contributed by atoms with van der Waals surface area (Å²) in [5.74, 6) is 0. The lowest BCUT2D eigenvalue weighted by atomic mass is 10.2. The van der Waals surface area contributed by atoms with Crippen LogP contribution in [0.4, 0.5) is 0 Å². The predicted octanol–water partition coefficient (Wildman–Crippen LogP) is 6.95. The number of halogens is 2. The maximum atomic E-state index is 6.00. The van der Waals surface area contributed by atoms with Crippen LogP contribution in [0.25, 0.3) is 21.8 Å². The molecule has 3 unspecified atom stereocenters. The van der Waals surface area contributed by atoms with Gasteiger partial charge in [0.1, 0.15) is 10.3 Å². The van der Waals surface area contributed by atoms with Crippen LogP contribution in [0.3, 0.4) is 0 Å². The van der Waals surface area contributed by atoms with Crippen LogP contribution < -0.4 is 0 Å². The van der Waals surface area contributed by atoms with Crippen molar-refractivity contribution >= 4 is 70.8 Å². The number of H-pyrrole nitrogens is 1. The van der Waals surface area contributed by atoms with Gasteiger partial charge in [-0.2, -0.15) is 10.2 Å². The quantitative estimate of drug-likeness (QED) is 0.196. The molecule has 13 heteroatoms. The number of rotatable bonds is 1. The summed E-state index contributed by atoms with van der Waals surface area (Å²) in [7, 11) is 6.06. The van der Waals surface area contributed by atoms with Gasteiger partial charge in [0.25, 0.3) is 0 Å². The van der Waals surface area contributed by atoms with E-state index in [2.05, 4.69) is 43.1 Å². The largest absolute Gasteiger partial charge is 0.502 e. The van der Waals surface area contributed by atoms with Gasteiger partial charge in [-0.05, 0) is 50.3 Å². The molecule has 3 atom stereocenters. The van der Waals surface area contributed by atoms with Gasteiger partial charge in [-0.1, -0.05) is 31.2 Å². The van der Waals surface area contributed by atoms with Crippen molar-refractivity contribution in [3.05, 3.63) is 59.6 Å². The Morgan fingerprint density at radius 3 is 2.37 bits per heavy atom. The van der Waals surface area contributed by atoms with E-state index in [1.165, 1.54) is 19.3 Å². The Labute approximate surface area is 220 Å². The second kappa shape index (κ2) is 15.7. The van der Waals surface area contributed by atoms with Crippen molar-refractivity contribution in [2.24, 2.45) is 0 Å². The highest BCUT2D eigenvalue weighted by molar-refractivity contribution is 8.33. The minimum Gasteiger partial charge on any atom is -0.502 e. The van der Waals surface area contributed by atoms with Crippen molar-refractivity contribution < 1.29 is 9.47 Å². The van der Waals surface area contributed by atoms with Gasteiger partial charge in [0.2, 0.25) is 0 Å². The van der Waals surface area contributed by atoms with Gasteiger partial charge < -0.3 is 9.47 Å². The highest BCUT2D eigenvalue weighted by atomic mass is 35.5. The van der Waals surface area contributed by atoms with Gasteiger partial charge >= 0.3 is 0 Å². The SMILES string of the molecule is C1=COCCC1.Clc1nccc2[nH]ncc12.Clc1nccc2c1cnn2C1CCCCO1.PPP. The zero-order chi connectivity index (χ0) is 24.9. The first-order valence-electron chi connectivity index (χ1n) is 11.1. The average molecular weight is 573 g/mol. The second-order valence-corrected chi connectivity index (χ2v) is 12.5. The summed E-state index contributed by atoms with van der Waals surface area (Å²) in [4.78, 5) is 7.92. The summed E-state index contributed by atoms with van der Waals surface area (Å²) in [5, 5.41) is 13.7. The highest BCUT2D eigenvalue weighted by Gasteiger charge is 2.19. The van der Waals surface area contributed by atoms with E-state index >= 15 is 0 Å². The molecule has 4 aromatic heterocycles. The number of pyridine rings is 2. The van der Waals surface area contributed by atoms with E-state index in [0.29, 0.717) is 10.3 Å². The molecular formula is C22H29Cl2N6O2P3. The molecule has 0 spiro atoms. The third-order valence-corrected chi connectivity index (χ3v) is 5.65. The Morgan fingerprint density at radius 1 is 1.00 bits per heavy atom. The lowest BCUT2D eigenvalue weighted by Crippen LogP contribution is -2.18. The van der Waals surface area contributed by atoms with E-state index in [1.807, 2.05) is 22.9 Å². The van der Waals surface area contributed by atoms with E-state index in [-0.39, 0.29) is 6.23 Å². The highest BCUT2D eigenvalue weighted by Crippen LogP contribution is 2.28. The lowest BCUT2D eigenvalue weighted by molar-refractivity contribution is -0.0366. The molecule has 188 valence electrons. The molecule has 35 heavy (non-hydrogen) atoms. The topological polar surface area (TPSA) is 90.7 Å². The van der Waals surface area contributed by atoms with Gasteiger partial charge in [-0.3, -0.25) is 5.10 Å². The summed E-state index contributed by atoms with van der Waals surface area (Å²) < 4.78 is 12.5. The van der Waals surface area contributed by atoms with E-state index in [4.69, 9.17) is 32.7 Å². The number of nitrogens with one attached hydrogen (secondary N) is 1. The van der Waals surface area contributed by atoms with Crippen molar-refractivity contribution in [1.82, 2.24) is 29.9 Å². The second-order valence-electron chi connectivity index (χ2n) is 7.43. The summed E-state index contributed by atoms with van der Waals surface area (Å²) in [6.45, 7) is 1.72. The summed E-state index contributed by atoms with van der Waals surface area (Å²) in [5.41, 5.74) is 1.91. The van der Waals surface area contributed by atoms with Crippen molar-refractivity contribution in [2.45, 2.75) is 38.3 Å². The Kier molecular flexibility index (Phi) is 12.6. The number of hydrogen-bond donors (Lipinski definition) is 1. The average Bonchev–Trinajstić information content (AvgIpc) is 3.56. The Morgan fingerprint density at radius 2 is 1.77 bits per heavy atom. The fourth-order valence-corrected chi connectivity index (χ4v) is 3.82. The fraction of sp³-hybridized carbons (Fsp3) is 0.364. The molecule has 0 saturated carbocycles. The van der Waals surface area contributed by atoms with Crippen LogP contribution in [-0.4, -0.2) is 43.2 Å². The summed E-state index contributed by atoms with van der Waals surface area (Å²) >= 11 is 11.7. The van der Waals surface area contributed by atoms with Crippen molar-refractivity contribution in [2.75, 3.05) is 13.2 Å². The lowest BCUT2D eigenvalue weighted by Gasteiger charge is -2.23. The number of aromatic amines is 1. The Balaban J connectivity index is 0.000000153. The van der Waals surface area contributed by atoms with E-state index in [0.717, 1.165) is 55.8 Å². The number of aromatic nitrogens is 6. The summed E-state index contributed by atoms with van der Waals surface area (Å²) in [6.07, 6.45) is 16.3. The van der Waals surface area contributed by atoms with Crippen LogP contribution in [0.5, 0.6) is 0 Å². The predicted molar refractivity (Wildman–Crippen MR) is 152 cm³/mol. The van der Waals surface area contributed by atoms with E-state index in [1.54, 1.807) is 31.0 Å². The first-order valence-corrected chi connectivity index (χ1v) is 16.5. The number of hydrogen-bond acceptors (Lipinski definition) is 6. The molecule has 4 aromatic rings. The van der Waals surface area contributed by atoms with Gasteiger partial charge in [0, 0.05) is 19.0 Å². The molecule has 6 heterocycles. The Bertz CT molecular complexity index is 1190. The van der Waals surface area contributed by atoms with Gasteiger partial charge in [0.05, 0.1) is 47.1 Å². The van der Waals surface area contributed by atoms with Crippen molar-refractivity contribution in [3.63, 3.8) is 0 Å². The summed E-state index contributed by atoms with van der Waals surface area (Å²) in [6, 6.07) is 3.75. The van der Waals surface area contributed by atoms with Crippen molar-refractivity contribution in [3.8, 4) is 0 Å². The third kappa shape index (κ3) is 8.60. The zero-order valence-electron chi connectivity index (χ0n) is 19.1.